The zero-order valence-corrected chi connectivity index (χ0v) is 17.0. The third-order valence-corrected chi connectivity index (χ3v) is 4.41. The minimum atomic E-state index is -0.508. The Labute approximate surface area is 162 Å². The number of halogens is 2. The summed E-state index contributed by atoms with van der Waals surface area (Å²) in [6, 6.07) is 16.0. The normalized spacial score (nSPS) is 12.5. The molecule has 2 aromatic carbocycles. The number of carbonyl (C=O) groups is 1. The summed E-state index contributed by atoms with van der Waals surface area (Å²) in [7, 11) is 0. The van der Waals surface area contributed by atoms with Gasteiger partial charge in [-0.05, 0) is 62.6 Å². The quantitative estimate of drug-likeness (QED) is 0.643. The van der Waals surface area contributed by atoms with Gasteiger partial charge in [0.25, 0.3) is 0 Å². The summed E-state index contributed by atoms with van der Waals surface area (Å²) in [5.74, 6) is 0.131. The molecule has 0 spiro atoms. The lowest BCUT2D eigenvalue weighted by molar-refractivity contribution is 0.0524. The zero-order valence-electron chi connectivity index (χ0n) is 14.7. The van der Waals surface area contributed by atoms with Crippen LogP contribution in [0.15, 0.2) is 53.0 Å². The van der Waals surface area contributed by atoms with Crippen molar-refractivity contribution in [1.82, 2.24) is 5.32 Å². The van der Waals surface area contributed by atoms with Gasteiger partial charge in [-0.1, -0.05) is 51.8 Å². The number of rotatable bonds is 5. The Hall–Kier alpha value is -1.52. The molecule has 0 aliphatic rings. The second-order valence-corrected chi connectivity index (χ2v) is 8.31. The maximum atomic E-state index is 12.0. The Kier molecular flexibility index (Phi) is 6.91. The van der Waals surface area contributed by atoms with Crippen LogP contribution in [0.5, 0.6) is 0 Å². The molecule has 2 aromatic rings. The fourth-order valence-corrected chi connectivity index (χ4v) is 2.86. The summed E-state index contributed by atoms with van der Waals surface area (Å²) in [6.07, 6.45) is 0.410. The van der Waals surface area contributed by atoms with E-state index < -0.39 is 11.7 Å². The van der Waals surface area contributed by atoms with Crippen LogP contribution in [-0.4, -0.2) is 18.2 Å². The first-order valence-electron chi connectivity index (χ1n) is 8.20. The van der Waals surface area contributed by atoms with Crippen molar-refractivity contribution in [2.24, 2.45) is 0 Å². The van der Waals surface area contributed by atoms with Gasteiger partial charge in [0.1, 0.15) is 5.60 Å². The highest BCUT2D eigenvalue weighted by atomic mass is 79.9. The maximum absolute atomic E-state index is 12.0. The molecule has 0 aliphatic heterocycles. The highest BCUT2D eigenvalue weighted by Gasteiger charge is 2.18. The van der Waals surface area contributed by atoms with Crippen molar-refractivity contribution in [2.45, 2.75) is 38.7 Å². The van der Waals surface area contributed by atoms with Crippen LogP contribution in [0.25, 0.3) is 0 Å². The molecule has 0 heterocycles. The first kappa shape index (κ1) is 19.8. The van der Waals surface area contributed by atoms with Crippen molar-refractivity contribution in [2.75, 3.05) is 6.54 Å². The van der Waals surface area contributed by atoms with Gasteiger partial charge >= 0.3 is 6.09 Å². The highest BCUT2D eigenvalue weighted by Crippen LogP contribution is 2.23. The molecule has 1 amide bonds. The predicted octanol–water partition coefficient (Wildman–Crippen LogP) is 5.95. The number of benzene rings is 2. The Balaban J connectivity index is 2.10. The molecule has 1 N–H and O–H groups in total. The molecule has 2 rings (SSSR count). The van der Waals surface area contributed by atoms with E-state index in [-0.39, 0.29) is 5.92 Å². The standard InChI is InChI=1S/C20H23BrClNO2/c1-20(2,3)25-19(24)23-13-16(15-6-10-18(22)11-7-15)12-14-4-8-17(21)9-5-14/h4-11,16H,12-13H2,1-3H3,(H,23,24). The molecule has 1 atom stereocenters. The lowest BCUT2D eigenvalue weighted by atomic mass is 9.92. The van der Waals surface area contributed by atoms with E-state index in [0.29, 0.717) is 11.6 Å². The molecule has 0 aromatic heterocycles. The molecule has 0 radical (unpaired) electrons. The lowest BCUT2D eigenvalue weighted by Gasteiger charge is -2.22. The fourth-order valence-electron chi connectivity index (χ4n) is 2.47. The Bertz CT molecular complexity index is 693. The molecular weight excluding hydrogens is 402 g/mol. The van der Waals surface area contributed by atoms with Crippen LogP contribution in [0, 0.1) is 0 Å². The molecule has 0 saturated carbocycles. The van der Waals surface area contributed by atoms with E-state index in [1.807, 2.05) is 57.2 Å². The first-order chi connectivity index (χ1) is 11.7. The largest absolute Gasteiger partial charge is 0.444 e. The summed E-state index contributed by atoms with van der Waals surface area (Å²) in [6.45, 7) is 6.05. The Morgan fingerprint density at radius 2 is 1.72 bits per heavy atom. The molecule has 0 saturated heterocycles. The minimum Gasteiger partial charge on any atom is -0.444 e. The number of amides is 1. The minimum absolute atomic E-state index is 0.131. The van der Waals surface area contributed by atoms with Crippen molar-refractivity contribution < 1.29 is 9.53 Å². The second-order valence-electron chi connectivity index (χ2n) is 6.96. The van der Waals surface area contributed by atoms with Crippen LogP contribution in [0.1, 0.15) is 37.8 Å². The third-order valence-electron chi connectivity index (χ3n) is 3.63. The smallest absolute Gasteiger partial charge is 0.407 e. The van der Waals surface area contributed by atoms with E-state index in [2.05, 4.69) is 33.4 Å². The van der Waals surface area contributed by atoms with Crippen LogP contribution < -0.4 is 5.32 Å². The third kappa shape index (κ3) is 7.09. The molecule has 5 heteroatoms. The van der Waals surface area contributed by atoms with Gasteiger partial charge in [-0.25, -0.2) is 4.79 Å². The van der Waals surface area contributed by atoms with Gasteiger partial charge in [-0.15, -0.1) is 0 Å². The van der Waals surface area contributed by atoms with Crippen molar-refractivity contribution >= 4 is 33.6 Å². The topological polar surface area (TPSA) is 38.3 Å². The number of hydrogen-bond donors (Lipinski definition) is 1. The summed E-state index contributed by atoms with van der Waals surface area (Å²) < 4.78 is 6.38. The average Bonchev–Trinajstić information content (AvgIpc) is 2.52. The van der Waals surface area contributed by atoms with Crippen LogP contribution >= 0.6 is 27.5 Å². The van der Waals surface area contributed by atoms with Gasteiger partial charge in [-0.3, -0.25) is 0 Å². The average molecular weight is 425 g/mol. The molecule has 0 aliphatic carbocycles. The van der Waals surface area contributed by atoms with Crippen molar-refractivity contribution in [3.05, 3.63) is 69.2 Å². The van der Waals surface area contributed by atoms with Gasteiger partial charge < -0.3 is 10.1 Å². The zero-order chi connectivity index (χ0) is 18.4. The molecule has 25 heavy (non-hydrogen) atoms. The first-order valence-corrected chi connectivity index (χ1v) is 9.37. The van der Waals surface area contributed by atoms with Crippen molar-refractivity contribution in [3.8, 4) is 0 Å². The summed E-state index contributed by atoms with van der Waals surface area (Å²) >= 11 is 9.45. The number of ether oxygens (including phenoxy) is 1. The molecule has 0 fully saturated rings. The Morgan fingerprint density at radius 3 is 2.28 bits per heavy atom. The highest BCUT2D eigenvalue weighted by molar-refractivity contribution is 9.10. The van der Waals surface area contributed by atoms with Crippen LogP contribution in [0.4, 0.5) is 4.79 Å². The number of alkyl carbamates (subject to hydrolysis) is 1. The monoisotopic (exact) mass is 423 g/mol. The fraction of sp³-hybridized carbons (Fsp3) is 0.350. The number of hydrogen-bond acceptors (Lipinski definition) is 2. The van der Waals surface area contributed by atoms with Gasteiger partial charge in [0.05, 0.1) is 0 Å². The summed E-state index contributed by atoms with van der Waals surface area (Å²) in [5.41, 5.74) is 1.82. The van der Waals surface area contributed by atoms with Gasteiger partial charge in [0.15, 0.2) is 0 Å². The summed E-state index contributed by atoms with van der Waals surface area (Å²) in [5, 5.41) is 3.58. The predicted molar refractivity (Wildman–Crippen MR) is 106 cm³/mol. The van der Waals surface area contributed by atoms with E-state index in [0.717, 1.165) is 16.5 Å². The molecule has 1 unspecified atom stereocenters. The lowest BCUT2D eigenvalue weighted by Crippen LogP contribution is -2.35. The molecule has 134 valence electrons. The molecule has 3 nitrogen and oxygen atoms in total. The van der Waals surface area contributed by atoms with E-state index >= 15 is 0 Å². The van der Waals surface area contributed by atoms with E-state index in [4.69, 9.17) is 16.3 Å². The van der Waals surface area contributed by atoms with Gasteiger partial charge in [-0.2, -0.15) is 0 Å². The van der Waals surface area contributed by atoms with E-state index in [1.54, 1.807) is 0 Å². The van der Waals surface area contributed by atoms with Gasteiger partial charge in [0.2, 0.25) is 0 Å². The van der Waals surface area contributed by atoms with Crippen molar-refractivity contribution in [3.63, 3.8) is 0 Å². The summed E-state index contributed by atoms with van der Waals surface area (Å²) in [4.78, 5) is 12.0. The number of carbonyl (C=O) groups excluding carboxylic acids is 1. The van der Waals surface area contributed by atoms with Crippen molar-refractivity contribution in [1.29, 1.82) is 0 Å². The second kappa shape index (κ2) is 8.72. The Morgan fingerprint density at radius 1 is 1.12 bits per heavy atom. The maximum Gasteiger partial charge on any atom is 0.407 e. The SMILES string of the molecule is CC(C)(C)OC(=O)NCC(Cc1ccc(Br)cc1)c1ccc(Cl)cc1. The van der Waals surface area contributed by atoms with Crippen LogP contribution in [0.3, 0.4) is 0 Å². The van der Waals surface area contributed by atoms with E-state index in [1.165, 1.54) is 5.56 Å². The molecular formula is C20H23BrClNO2. The van der Waals surface area contributed by atoms with Crippen LogP contribution in [-0.2, 0) is 11.2 Å². The van der Waals surface area contributed by atoms with Crippen LogP contribution in [0.2, 0.25) is 5.02 Å². The van der Waals surface area contributed by atoms with E-state index in [9.17, 15) is 4.79 Å². The molecule has 0 bridgehead atoms. The van der Waals surface area contributed by atoms with Gasteiger partial charge in [0, 0.05) is 22.0 Å². The number of nitrogens with one attached hydrogen (secondary N) is 1.